The highest BCUT2D eigenvalue weighted by Crippen LogP contribution is 2.36. The quantitative estimate of drug-likeness (QED) is 0.884. The fourth-order valence-corrected chi connectivity index (χ4v) is 5.15. The van der Waals surface area contributed by atoms with Crippen molar-refractivity contribution in [2.24, 2.45) is 0 Å². The average molecular weight is 361 g/mol. The molecule has 0 unspecified atom stereocenters. The van der Waals surface area contributed by atoms with E-state index in [0.29, 0.717) is 12.1 Å². The number of nitrogens with one attached hydrogen (secondary N) is 1. The third-order valence-electron chi connectivity index (χ3n) is 4.47. The molecular formula is C19H20FNO3S. The standard InChI is InChI=1S/C19H20FNO3S/c20-15-7-4-8-16(13-15)21-19(22)11-12-25(23,24)18-10-3-6-14-5-1-2-9-17(14)18/h1-2,4-5,7-9,13,18H,3,6,10-12H2,(H,21,22)/t18-/m0/s1. The van der Waals surface area contributed by atoms with Crippen LogP contribution >= 0.6 is 0 Å². The van der Waals surface area contributed by atoms with Gasteiger partial charge in [-0.05, 0) is 48.6 Å². The summed E-state index contributed by atoms with van der Waals surface area (Å²) in [7, 11) is -3.43. The molecule has 0 saturated heterocycles. The number of carbonyl (C=O) groups is 1. The number of benzene rings is 2. The van der Waals surface area contributed by atoms with Crippen molar-refractivity contribution in [1.29, 1.82) is 0 Å². The van der Waals surface area contributed by atoms with E-state index >= 15 is 0 Å². The van der Waals surface area contributed by atoms with E-state index in [2.05, 4.69) is 5.32 Å². The molecule has 2 aromatic carbocycles. The minimum atomic E-state index is -3.43. The zero-order valence-corrected chi connectivity index (χ0v) is 14.6. The normalized spacial score (nSPS) is 16.9. The molecule has 1 N–H and O–H groups in total. The van der Waals surface area contributed by atoms with Crippen molar-refractivity contribution in [1.82, 2.24) is 0 Å². The number of fused-ring (bicyclic) bond motifs is 1. The summed E-state index contributed by atoms with van der Waals surface area (Å²) in [5, 5.41) is 1.99. The third kappa shape index (κ3) is 4.25. The molecule has 3 rings (SSSR count). The second-order valence-electron chi connectivity index (χ2n) is 6.26. The lowest BCUT2D eigenvalue weighted by molar-refractivity contribution is -0.115. The van der Waals surface area contributed by atoms with E-state index in [1.165, 1.54) is 18.2 Å². The van der Waals surface area contributed by atoms with Crippen LogP contribution in [0.3, 0.4) is 0 Å². The maximum atomic E-state index is 13.1. The Morgan fingerprint density at radius 3 is 2.76 bits per heavy atom. The van der Waals surface area contributed by atoms with Crippen molar-refractivity contribution in [2.45, 2.75) is 30.9 Å². The van der Waals surface area contributed by atoms with E-state index < -0.39 is 26.8 Å². The Bertz CT molecular complexity index is 880. The highest BCUT2D eigenvalue weighted by atomic mass is 32.2. The molecule has 1 amide bonds. The van der Waals surface area contributed by atoms with Crippen LogP contribution in [0.25, 0.3) is 0 Å². The molecule has 0 bridgehead atoms. The molecule has 1 aliphatic carbocycles. The van der Waals surface area contributed by atoms with Gasteiger partial charge in [-0.25, -0.2) is 12.8 Å². The Hall–Kier alpha value is -2.21. The molecular weight excluding hydrogens is 341 g/mol. The van der Waals surface area contributed by atoms with Gasteiger partial charge < -0.3 is 5.32 Å². The molecule has 0 radical (unpaired) electrons. The van der Waals surface area contributed by atoms with Gasteiger partial charge in [0.05, 0.1) is 11.0 Å². The van der Waals surface area contributed by atoms with E-state index in [4.69, 9.17) is 0 Å². The minimum Gasteiger partial charge on any atom is -0.326 e. The topological polar surface area (TPSA) is 63.2 Å². The highest BCUT2D eigenvalue weighted by molar-refractivity contribution is 7.91. The first-order valence-electron chi connectivity index (χ1n) is 8.30. The highest BCUT2D eigenvalue weighted by Gasteiger charge is 2.31. The van der Waals surface area contributed by atoms with Crippen LogP contribution in [0.15, 0.2) is 48.5 Å². The van der Waals surface area contributed by atoms with Gasteiger partial charge >= 0.3 is 0 Å². The smallest absolute Gasteiger partial charge is 0.225 e. The van der Waals surface area contributed by atoms with Crippen LogP contribution in [0.4, 0.5) is 10.1 Å². The second kappa shape index (κ2) is 7.35. The van der Waals surface area contributed by atoms with Crippen LogP contribution in [0.5, 0.6) is 0 Å². The summed E-state index contributed by atoms with van der Waals surface area (Å²) in [4.78, 5) is 12.0. The fourth-order valence-electron chi connectivity index (χ4n) is 3.25. The summed E-state index contributed by atoms with van der Waals surface area (Å²) in [6.07, 6.45) is 2.17. The summed E-state index contributed by atoms with van der Waals surface area (Å²) in [6, 6.07) is 13.1. The molecule has 0 heterocycles. The molecule has 6 heteroatoms. The van der Waals surface area contributed by atoms with E-state index in [1.54, 1.807) is 6.07 Å². The largest absolute Gasteiger partial charge is 0.326 e. The number of sulfone groups is 1. The van der Waals surface area contributed by atoms with Crippen molar-refractivity contribution in [3.05, 3.63) is 65.5 Å². The lowest BCUT2D eigenvalue weighted by Gasteiger charge is -2.25. The number of rotatable bonds is 5. The van der Waals surface area contributed by atoms with Gasteiger partial charge in [0.15, 0.2) is 9.84 Å². The first-order valence-corrected chi connectivity index (χ1v) is 10.0. The lowest BCUT2D eigenvalue weighted by Crippen LogP contribution is -2.24. The second-order valence-corrected chi connectivity index (χ2v) is 8.56. The molecule has 0 aromatic heterocycles. The number of halogens is 1. The van der Waals surface area contributed by atoms with Crippen molar-refractivity contribution in [3.8, 4) is 0 Å². The molecule has 2 aromatic rings. The van der Waals surface area contributed by atoms with Crippen LogP contribution in [0, 0.1) is 5.82 Å². The predicted molar refractivity (Wildman–Crippen MR) is 95.6 cm³/mol. The zero-order valence-electron chi connectivity index (χ0n) is 13.7. The Morgan fingerprint density at radius 2 is 1.96 bits per heavy atom. The number of carbonyl (C=O) groups excluding carboxylic acids is 1. The molecule has 1 atom stereocenters. The average Bonchev–Trinajstić information content (AvgIpc) is 2.59. The predicted octanol–water partition coefficient (Wildman–Crippen LogP) is 3.65. The third-order valence-corrected chi connectivity index (χ3v) is 6.60. The number of amides is 1. The lowest BCUT2D eigenvalue weighted by atomic mass is 9.91. The van der Waals surface area contributed by atoms with Crippen LogP contribution in [0.1, 0.15) is 35.6 Å². The summed E-state index contributed by atoms with van der Waals surface area (Å²) in [5.74, 6) is -1.10. The summed E-state index contributed by atoms with van der Waals surface area (Å²) < 4.78 is 38.6. The van der Waals surface area contributed by atoms with E-state index in [-0.39, 0.29) is 12.2 Å². The molecule has 132 valence electrons. The van der Waals surface area contributed by atoms with Gasteiger partial charge in [-0.15, -0.1) is 0 Å². The van der Waals surface area contributed by atoms with Crippen molar-refractivity contribution >= 4 is 21.4 Å². The first kappa shape index (κ1) is 17.6. The Balaban J connectivity index is 1.65. The molecule has 1 aliphatic rings. The SMILES string of the molecule is O=C(CCS(=O)(=O)[C@H]1CCCc2ccccc21)Nc1cccc(F)c1. The first-order chi connectivity index (χ1) is 12.0. The Kier molecular flexibility index (Phi) is 5.18. The number of hydrogen-bond acceptors (Lipinski definition) is 3. The Labute approximate surface area is 147 Å². The van der Waals surface area contributed by atoms with Crippen molar-refractivity contribution < 1.29 is 17.6 Å². The molecule has 25 heavy (non-hydrogen) atoms. The summed E-state index contributed by atoms with van der Waals surface area (Å²) >= 11 is 0. The molecule has 0 spiro atoms. The summed E-state index contributed by atoms with van der Waals surface area (Å²) in [5.41, 5.74) is 2.26. The maximum Gasteiger partial charge on any atom is 0.225 e. The van der Waals surface area contributed by atoms with Crippen LogP contribution in [-0.4, -0.2) is 20.1 Å². The fraction of sp³-hybridized carbons (Fsp3) is 0.316. The molecule has 0 aliphatic heterocycles. The van der Waals surface area contributed by atoms with Crippen molar-refractivity contribution in [3.63, 3.8) is 0 Å². The van der Waals surface area contributed by atoms with Gasteiger partial charge in [0.2, 0.25) is 5.91 Å². The van der Waals surface area contributed by atoms with Gasteiger partial charge in [-0.3, -0.25) is 4.79 Å². The van der Waals surface area contributed by atoms with E-state index in [1.807, 2.05) is 24.3 Å². The summed E-state index contributed by atoms with van der Waals surface area (Å²) in [6.45, 7) is 0. The van der Waals surface area contributed by atoms with Gasteiger partial charge in [-0.2, -0.15) is 0 Å². The monoisotopic (exact) mass is 361 g/mol. The van der Waals surface area contributed by atoms with Crippen LogP contribution in [-0.2, 0) is 21.1 Å². The number of hydrogen-bond donors (Lipinski definition) is 1. The zero-order chi connectivity index (χ0) is 17.9. The van der Waals surface area contributed by atoms with Crippen LogP contribution < -0.4 is 5.32 Å². The van der Waals surface area contributed by atoms with Crippen LogP contribution in [0.2, 0.25) is 0 Å². The molecule has 0 fully saturated rings. The minimum absolute atomic E-state index is 0.141. The van der Waals surface area contributed by atoms with Gasteiger partial charge in [0.25, 0.3) is 0 Å². The van der Waals surface area contributed by atoms with Gasteiger partial charge in [0, 0.05) is 12.1 Å². The van der Waals surface area contributed by atoms with E-state index in [0.717, 1.165) is 24.0 Å². The maximum absolute atomic E-state index is 13.1. The number of aryl methyl sites for hydroxylation is 1. The van der Waals surface area contributed by atoms with E-state index in [9.17, 15) is 17.6 Å². The molecule has 4 nitrogen and oxygen atoms in total. The Morgan fingerprint density at radius 1 is 1.16 bits per heavy atom. The number of anilines is 1. The van der Waals surface area contributed by atoms with Crippen molar-refractivity contribution in [2.75, 3.05) is 11.1 Å². The van der Waals surface area contributed by atoms with Gasteiger partial charge in [-0.1, -0.05) is 30.3 Å². The molecule has 0 saturated carbocycles. The van der Waals surface area contributed by atoms with Gasteiger partial charge in [0.1, 0.15) is 5.82 Å².